The zero-order valence-corrected chi connectivity index (χ0v) is 11.6. The molecule has 0 bridgehead atoms. The minimum atomic E-state index is 0.947. The number of aromatic amines is 2. The van der Waals surface area contributed by atoms with Crippen molar-refractivity contribution in [3.8, 4) is 0 Å². The van der Waals surface area contributed by atoms with E-state index in [9.17, 15) is 0 Å². The molecule has 2 heterocycles. The SMILES string of the molecule is Brc1[nH]nc2ccccc12.c1ccc2[nH]ncc2c1. The zero-order valence-electron chi connectivity index (χ0n) is 9.97. The quantitative estimate of drug-likeness (QED) is 0.517. The summed E-state index contributed by atoms with van der Waals surface area (Å²) in [5, 5.41) is 15.9. The van der Waals surface area contributed by atoms with Gasteiger partial charge in [-0.3, -0.25) is 10.2 Å². The molecule has 4 rings (SSSR count). The molecule has 0 aliphatic heterocycles. The molecule has 0 saturated heterocycles. The summed E-state index contributed by atoms with van der Waals surface area (Å²) < 4.78 is 0.947. The number of rotatable bonds is 0. The van der Waals surface area contributed by atoms with Crippen molar-refractivity contribution < 1.29 is 0 Å². The lowest BCUT2D eigenvalue weighted by atomic mass is 10.3. The van der Waals surface area contributed by atoms with Crippen molar-refractivity contribution in [2.75, 3.05) is 0 Å². The molecule has 2 aromatic heterocycles. The molecular weight excluding hydrogens is 304 g/mol. The van der Waals surface area contributed by atoms with Gasteiger partial charge < -0.3 is 0 Å². The molecule has 0 amide bonds. The predicted octanol–water partition coefficient (Wildman–Crippen LogP) is 3.89. The van der Waals surface area contributed by atoms with E-state index in [0.29, 0.717) is 0 Å². The first-order chi connectivity index (χ1) is 9.34. The highest BCUT2D eigenvalue weighted by Crippen LogP contribution is 2.19. The maximum atomic E-state index is 4.05. The Labute approximate surface area is 118 Å². The lowest BCUT2D eigenvalue weighted by Gasteiger charge is -1.83. The number of fused-ring (bicyclic) bond motifs is 2. The molecule has 0 fully saturated rings. The van der Waals surface area contributed by atoms with Gasteiger partial charge in [0.2, 0.25) is 0 Å². The number of aromatic nitrogens is 4. The third kappa shape index (κ3) is 2.51. The van der Waals surface area contributed by atoms with Gasteiger partial charge in [0.1, 0.15) is 4.60 Å². The summed E-state index contributed by atoms with van der Waals surface area (Å²) in [5.74, 6) is 0. The Bertz CT molecular complexity index is 773. The van der Waals surface area contributed by atoms with Gasteiger partial charge in [-0.1, -0.05) is 36.4 Å². The van der Waals surface area contributed by atoms with Gasteiger partial charge in [-0.2, -0.15) is 10.2 Å². The van der Waals surface area contributed by atoms with Crippen LogP contribution >= 0.6 is 15.9 Å². The van der Waals surface area contributed by atoms with Crippen LogP contribution in [0.3, 0.4) is 0 Å². The van der Waals surface area contributed by atoms with Gasteiger partial charge in [-0.25, -0.2) is 0 Å². The highest BCUT2D eigenvalue weighted by atomic mass is 79.9. The summed E-state index contributed by atoms with van der Waals surface area (Å²) in [6.45, 7) is 0. The van der Waals surface area contributed by atoms with E-state index in [2.05, 4.69) is 36.3 Å². The maximum absolute atomic E-state index is 4.05. The molecule has 5 heteroatoms. The van der Waals surface area contributed by atoms with E-state index >= 15 is 0 Å². The normalized spacial score (nSPS) is 10.4. The van der Waals surface area contributed by atoms with Crippen LogP contribution in [0.2, 0.25) is 0 Å². The smallest absolute Gasteiger partial charge is 0.108 e. The van der Waals surface area contributed by atoms with Crippen molar-refractivity contribution in [3.63, 3.8) is 0 Å². The van der Waals surface area contributed by atoms with Crippen LogP contribution in [0.4, 0.5) is 0 Å². The first-order valence-electron chi connectivity index (χ1n) is 5.81. The van der Waals surface area contributed by atoms with Gasteiger partial charge >= 0.3 is 0 Å². The highest BCUT2D eigenvalue weighted by Gasteiger charge is 1.97. The molecule has 0 radical (unpaired) electrons. The zero-order chi connectivity index (χ0) is 13.1. The van der Waals surface area contributed by atoms with Crippen LogP contribution in [-0.4, -0.2) is 20.4 Å². The van der Waals surface area contributed by atoms with Gasteiger partial charge in [0, 0.05) is 10.8 Å². The third-order valence-corrected chi connectivity index (χ3v) is 3.37. The average Bonchev–Trinajstić information content (AvgIpc) is 3.07. The Hall–Kier alpha value is -2.14. The third-order valence-electron chi connectivity index (χ3n) is 2.76. The summed E-state index contributed by atoms with van der Waals surface area (Å²) in [6.07, 6.45) is 1.81. The first kappa shape index (κ1) is 11.9. The van der Waals surface area contributed by atoms with E-state index in [0.717, 1.165) is 26.4 Å². The van der Waals surface area contributed by atoms with Crippen molar-refractivity contribution in [3.05, 3.63) is 59.3 Å². The molecule has 0 aliphatic rings. The molecule has 4 aromatic rings. The van der Waals surface area contributed by atoms with Crippen molar-refractivity contribution in [1.29, 1.82) is 0 Å². The fourth-order valence-corrected chi connectivity index (χ4v) is 2.23. The summed E-state index contributed by atoms with van der Waals surface area (Å²) in [7, 11) is 0. The van der Waals surface area contributed by atoms with Crippen LogP contribution in [0.5, 0.6) is 0 Å². The Morgan fingerprint density at radius 1 is 0.895 bits per heavy atom. The topological polar surface area (TPSA) is 57.4 Å². The molecule has 4 nitrogen and oxygen atoms in total. The van der Waals surface area contributed by atoms with Crippen LogP contribution in [0.1, 0.15) is 0 Å². The average molecular weight is 315 g/mol. The highest BCUT2D eigenvalue weighted by molar-refractivity contribution is 9.10. The monoisotopic (exact) mass is 314 g/mol. The summed E-state index contributed by atoms with van der Waals surface area (Å²) in [4.78, 5) is 0. The second kappa shape index (κ2) is 5.24. The Balaban J connectivity index is 0.000000117. The van der Waals surface area contributed by atoms with Gasteiger partial charge in [0.05, 0.1) is 17.2 Å². The van der Waals surface area contributed by atoms with E-state index in [4.69, 9.17) is 0 Å². The number of hydrogen-bond acceptors (Lipinski definition) is 2. The summed E-state index contributed by atoms with van der Waals surface area (Å²) in [5.41, 5.74) is 2.09. The minimum absolute atomic E-state index is 0.947. The molecule has 19 heavy (non-hydrogen) atoms. The van der Waals surface area contributed by atoms with Crippen molar-refractivity contribution in [2.45, 2.75) is 0 Å². The number of H-pyrrole nitrogens is 2. The van der Waals surface area contributed by atoms with Crippen LogP contribution in [0, 0.1) is 0 Å². The fourth-order valence-electron chi connectivity index (χ4n) is 1.81. The molecule has 0 unspecified atom stereocenters. The lowest BCUT2D eigenvalue weighted by molar-refractivity contribution is 1.10. The summed E-state index contributed by atoms with van der Waals surface area (Å²) in [6, 6.07) is 16.0. The molecule has 0 saturated carbocycles. The Kier molecular flexibility index (Phi) is 3.29. The minimum Gasteiger partial charge on any atom is -0.278 e. The molecule has 2 N–H and O–H groups in total. The van der Waals surface area contributed by atoms with Gasteiger partial charge in [-0.15, -0.1) is 0 Å². The van der Waals surface area contributed by atoms with Crippen LogP contribution in [-0.2, 0) is 0 Å². The molecule has 0 atom stereocenters. The number of para-hydroxylation sites is 2. The lowest BCUT2D eigenvalue weighted by Crippen LogP contribution is -1.63. The number of halogens is 1. The second-order valence-electron chi connectivity index (χ2n) is 4.01. The van der Waals surface area contributed by atoms with Crippen molar-refractivity contribution in [2.24, 2.45) is 0 Å². The molecule has 94 valence electrons. The Morgan fingerprint density at radius 2 is 1.68 bits per heavy atom. The van der Waals surface area contributed by atoms with Crippen LogP contribution in [0.25, 0.3) is 21.8 Å². The number of benzene rings is 2. The first-order valence-corrected chi connectivity index (χ1v) is 6.60. The molecule has 2 aromatic carbocycles. The standard InChI is InChI=1S/C7H5BrN2.C7H6N2/c8-7-5-3-1-2-4-6(5)9-10-7;1-2-4-7-6(3-1)5-8-9-7/h1-4H,(H,9,10);1-5H,(H,8,9). The van der Waals surface area contributed by atoms with E-state index < -0.39 is 0 Å². The Morgan fingerprint density at radius 3 is 2.53 bits per heavy atom. The second-order valence-corrected chi connectivity index (χ2v) is 4.80. The predicted molar refractivity (Wildman–Crippen MR) is 79.9 cm³/mol. The molecule has 0 spiro atoms. The van der Waals surface area contributed by atoms with Gasteiger partial charge in [0.25, 0.3) is 0 Å². The van der Waals surface area contributed by atoms with Crippen LogP contribution in [0.15, 0.2) is 59.3 Å². The van der Waals surface area contributed by atoms with Gasteiger partial charge in [-0.05, 0) is 28.1 Å². The van der Waals surface area contributed by atoms with E-state index in [-0.39, 0.29) is 0 Å². The summed E-state index contributed by atoms with van der Waals surface area (Å²) >= 11 is 3.35. The van der Waals surface area contributed by atoms with Crippen molar-refractivity contribution >= 4 is 37.7 Å². The van der Waals surface area contributed by atoms with Crippen molar-refractivity contribution in [1.82, 2.24) is 20.4 Å². The van der Waals surface area contributed by atoms with Gasteiger partial charge in [0.15, 0.2) is 0 Å². The van der Waals surface area contributed by atoms with E-state index in [1.165, 1.54) is 0 Å². The largest absolute Gasteiger partial charge is 0.278 e. The molecule has 0 aliphatic carbocycles. The maximum Gasteiger partial charge on any atom is 0.108 e. The van der Waals surface area contributed by atoms with E-state index in [1.54, 1.807) is 0 Å². The number of nitrogens with one attached hydrogen (secondary N) is 2. The number of nitrogens with zero attached hydrogens (tertiary/aromatic N) is 2. The van der Waals surface area contributed by atoms with Crippen LogP contribution < -0.4 is 0 Å². The number of hydrogen-bond donors (Lipinski definition) is 2. The van der Waals surface area contributed by atoms with E-state index in [1.807, 2.05) is 54.7 Å². The molecular formula is C14H11BrN4. The fraction of sp³-hybridized carbons (Fsp3) is 0.